The number of carbonyl (C=O) groups excluding carboxylic acids is 1. The third-order valence-electron chi connectivity index (χ3n) is 5.35. The third kappa shape index (κ3) is 3.78. The van der Waals surface area contributed by atoms with E-state index in [9.17, 15) is 9.18 Å². The number of carbonyl (C=O) groups is 1. The molecule has 0 radical (unpaired) electrons. The van der Waals surface area contributed by atoms with Crippen LogP contribution in [0.25, 0.3) is 10.2 Å². The Balaban J connectivity index is 1.30. The summed E-state index contributed by atoms with van der Waals surface area (Å²) in [7, 11) is 0. The summed E-state index contributed by atoms with van der Waals surface area (Å²) in [5.74, 6) is 0.586. The van der Waals surface area contributed by atoms with E-state index < -0.39 is 0 Å². The molecular formula is C19H23FN2O2S. The maximum absolute atomic E-state index is 13.7. The zero-order chi connectivity index (χ0) is 17.2. The second-order valence-corrected chi connectivity index (χ2v) is 8.11. The second-order valence-electron chi connectivity index (χ2n) is 7.12. The van der Waals surface area contributed by atoms with Crippen LogP contribution in [0.5, 0.6) is 5.19 Å². The lowest BCUT2D eigenvalue weighted by Crippen LogP contribution is -2.42. The Morgan fingerprint density at radius 3 is 2.72 bits per heavy atom. The molecule has 0 unspecified atom stereocenters. The number of halogens is 1. The van der Waals surface area contributed by atoms with Crippen molar-refractivity contribution in [3.05, 3.63) is 24.0 Å². The first-order valence-corrected chi connectivity index (χ1v) is 10.00. The maximum Gasteiger partial charge on any atom is 0.274 e. The van der Waals surface area contributed by atoms with Gasteiger partial charge >= 0.3 is 0 Å². The molecule has 4 rings (SSSR count). The molecule has 2 aromatic rings. The molecule has 0 bridgehead atoms. The van der Waals surface area contributed by atoms with Gasteiger partial charge in [0.05, 0.1) is 4.70 Å². The van der Waals surface area contributed by atoms with E-state index in [2.05, 4.69) is 4.98 Å². The number of likely N-dealkylation sites (tertiary alicyclic amines) is 1. The van der Waals surface area contributed by atoms with E-state index in [-0.39, 0.29) is 11.9 Å². The van der Waals surface area contributed by atoms with Crippen LogP contribution in [0.2, 0.25) is 0 Å². The first-order valence-electron chi connectivity index (χ1n) is 9.18. The van der Waals surface area contributed by atoms with Crippen molar-refractivity contribution in [1.29, 1.82) is 0 Å². The molecule has 2 fully saturated rings. The number of benzene rings is 1. The van der Waals surface area contributed by atoms with Crippen molar-refractivity contribution in [1.82, 2.24) is 9.88 Å². The van der Waals surface area contributed by atoms with Crippen LogP contribution < -0.4 is 4.74 Å². The van der Waals surface area contributed by atoms with Gasteiger partial charge in [-0.2, -0.15) is 4.98 Å². The summed E-state index contributed by atoms with van der Waals surface area (Å²) in [5, 5.41) is 0.524. The van der Waals surface area contributed by atoms with Gasteiger partial charge in [0.25, 0.3) is 5.19 Å². The van der Waals surface area contributed by atoms with E-state index in [0.29, 0.717) is 29.0 Å². The van der Waals surface area contributed by atoms with Gasteiger partial charge in [0.1, 0.15) is 17.4 Å². The van der Waals surface area contributed by atoms with Crippen LogP contribution in [0, 0.1) is 11.7 Å². The van der Waals surface area contributed by atoms with E-state index >= 15 is 0 Å². The molecule has 1 saturated heterocycles. The predicted octanol–water partition coefficient (Wildman–Crippen LogP) is 4.39. The molecule has 6 heteroatoms. The monoisotopic (exact) mass is 362 g/mol. The molecule has 1 aliphatic carbocycles. The lowest BCUT2D eigenvalue weighted by molar-refractivity contribution is -0.133. The zero-order valence-corrected chi connectivity index (χ0v) is 15.1. The van der Waals surface area contributed by atoms with E-state index in [0.717, 1.165) is 30.6 Å². The van der Waals surface area contributed by atoms with Gasteiger partial charge in [-0.15, -0.1) is 0 Å². The minimum atomic E-state index is -0.309. The van der Waals surface area contributed by atoms with Crippen molar-refractivity contribution in [2.45, 2.75) is 51.0 Å². The van der Waals surface area contributed by atoms with Crippen molar-refractivity contribution in [3.8, 4) is 5.19 Å². The first-order chi connectivity index (χ1) is 12.2. The smallest absolute Gasteiger partial charge is 0.274 e. The number of nitrogens with zero attached hydrogens (tertiary/aromatic N) is 2. The highest BCUT2D eigenvalue weighted by Crippen LogP contribution is 2.32. The average molecular weight is 362 g/mol. The number of hydrogen-bond donors (Lipinski definition) is 0. The first kappa shape index (κ1) is 16.8. The molecule has 25 heavy (non-hydrogen) atoms. The van der Waals surface area contributed by atoms with Gasteiger partial charge in [-0.3, -0.25) is 4.79 Å². The van der Waals surface area contributed by atoms with Gasteiger partial charge in [-0.25, -0.2) is 4.39 Å². The highest BCUT2D eigenvalue weighted by Gasteiger charge is 2.27. The van der Waals surface area contributed by atoms with Crippen LogP contribution in [0.4, 0.5) is 4.39 Å². The van der Waals surface area contributed by atoms with Crippen LogP contribution in [0.15, 0.2) is 18.2 Å². The molecule has 134 valence electrons. The molecule has 1 aromatic heterocycles. The number of fused-ring (bicyclic) bond motifs is 1. The van der Waals surface area contributed by atoms with Crippen LogP contribution in [0.1, 0.15) is 44.9 Å². The minimum Gasteiger partial charge on any atom is -0.467 e. The molecule has 2 heterocycles. The van der Waals surface area contributed by atoms with Gasteiger partial charge in [0.2, 0.25) is 5.91 Å². The van der Waals surface area contributed by atoms with E-state index in [4.69, 9.17) is 4.74 Å². The van der Waals surface area contributed by atoms with E-state index in [1.54, 1.807) is 6.07 Å². The van der Waals surface area contributed by atoms with Crippen molar-refractivity contribution < 1.29 is 13.9 Å². The number of thiazole rings is 1. The number of piperidine rings is 1. The van der Waals surface area contributed by atoms with Crippen LogP contribution >= 0.6 is 11.3 Å². The van der Waals surface area contributed by atoms with Gasteiger partial charge in [0.15, 0.2) is 0 Å². The maximum atomic E-state index is 13.7. The molecule has 1 aromatic carbocycles. The van der Waals surface area contributed by atoms with Gasteiger partial charge in [-0.05, 0) is 30.9 Å². The number of amides is 1. The largest absolute Gasteiger partial charge is 0.467 e. The number of ether oxygens (including phenoxy) is 1. The van der Waals surface area contributed by atoms with Crippen molar-refractivity contribution in [2.75, 3.05) is 13.1 Å². The van der Waals surface area contributed by atoms with Gasteiger partial charge < -0.3 is 9.64 Å². The summed E-state index contributed by atoms with van der Waals surface area (Å²) in [5.41, 5.74) is 0.381. The van der Waals surface area contributed by atoms with E-state index in [1.807, 2.05) is 11.0 Å². The van der Waals surface area contributed by atoms with Crippen LogP contribution in [-0.2, 0) is 4.79 Å². The van der Waals surface area contributed by atoms with Gasteiger partial charge in [0, 0.05) is 32.4 Å². The topological polar surface area (TPSA) is 42.4 Å². The highest BCUT2D eigenvalue weighted by molar-refractivity contribution is 7.20. The Bertz CT molecular complexity index is 749. The summed E-state index contributed by atoms with van der Waals surface area (Å²) < 4.78 is 20.5. The zero-order valence-electron chi connectivity index (χ0n) is 14.2. The fraction of sp³-hybridized carbons (Fsp3) is 0.579. The summed E-state index contributed by atoms with van der Waals surface area (Å²) in [6.07, 6.45) is 7.36. The van der Waals surface area contributed by atoms with Crippen molar-refractivity contribution >= 4 is 27.5 Å². The molecule has 2 aliphatic rings. The quantitative estimate of drug-likeness (QED) is 0.810. The summed E-state index contributed by atoms with van der Waals surface area (Å²) >= 11 is 1.38. The highest BCUT2D eigenvalue weighted by atomic mass is 32.1. The van der Waals surface area contributed by atoms with Crippen LogP contribution in [0.3, 0.4) is 0 Å². The molecule has 1 aliphatic heterocycles. The molecule has 4 nitrogen and oxygen atoms in total. The predicted molar refractivity (Wildman–Crippen MR) is 96.4 cm³/mol. The van der Waals surface area contributed by atoms with Crippen LogP contribution in [-0.4, -0.2) is 35.0 Å². The van der Waals surface area contributed by atoms with E-state index in [1.165, 1.54) is 43.1 Å². The molecule has 1 amide bonds. The Morgan fingerprint density at radius 2 is 2.00 bits per heavy atom. The Morgan fingerprint density at radius 1 is 1.24 bits per heavy atom. The summed E-state index contributed by atoms with van der Waals surface area (Å²) in [4.78, 5) is 18.7. The summed E-state index contributed by atoms with van der Waals surface area (Å²) in [6.45, 7) is 1.49. The average Bonchev–Trinajstić information content (AvgIpc) is 3.25. The molecule has 0 N–H and O–H groups in total. The Hall–Kier alpha value is -1.69. The SMILES string of the molecule is O=C(CC1CCCC1)N1CCC(Oc2nc3c(F)cccc3s2)CC1. The number of hydrogen-bond acceptors (Lipinski definition) is 4. The lowest BCUT2D eigenvalue weighted by Gasteiger charge is -2.32. The lowest BCUT2D eigenvalue weighted by atomic mass is 10.0. The Labute approximate surface area is 151 Å². The van der Waals surface area contributed by atoms with Crippen molar-refractivity contribution in [3.63, 3.8) is 0 Å². The normalized spacial score (nSPS) is 19.6. The molecule has 1 saturated carbocycles. The molecule has 0 spiro atoms. The second kappa shape index (κ2) is 7.28. The minimum absolute atomic E-state index is 0.0548. The van der Waals surface area contributed by atoms with Crippen molar-refractivity contribution in [2.24, 2.45) is 5.92 Å². The number of para-hydroxylation sites is 1. The number of rotatable bonds is 4. The fourth-order valence-corrected chi connectivity index (χ4v) is 4.80. The van der Waals surface area contributed by atoms with Gasteiger partial charge in [-0.1, -0.05) is 30.2 Å². The standard InChI is InChI=1S/C19H23FN2O2S/c20-15-6-3-7-16-18(15)21-19(25-16)24-14-8-10-22(11-9-14)17(23)12-13-4-1-2-5-13/h3,6-7,13-14H,1-2,4-5,8-12H2. The fourth-order valence-electron chi connectivity index (χ4n) is 3.90. The molecular weight excluding hydrogens is 339 g/mol. The summed E-state index contributed by atoms with van der Waals surface area (Å²) in [6, 6.07) is 4.96. The Kier molecular flexibility index (Phi) is 4.88. The number of aromatic nitrogens is 1. The third-order valence-corrected chi connectivity index (χ3v) is 6.26. The molecule has 0 atom stereocenters.